The number of carbonyl (C=O) groups is 2. The van der Waals surface area contributed by atoms with E-state index in [1.807, 2.05) is 0 Å². The fourth-order valence-electron chi connectivity index (χ4n) is 1.70. The van der Waals surface area contributed by atoms with Crippen LogP contribution in [-0.4, -0.2) is 17.0 Å². The van der Waals surface area contributed by atoms with Gasteiger partial charge < -0.3 is 16.2 Å². The molecule has 0 saturated carbocycles. The van der Waals surface area contributed by atoms with Crippen molar-refractivity contribution in [1.29, 1.82) is 0 Å². The first kappa shape index (κ1) is 17.5. The Morgan fingerprint density at radius 2 is 1.95 bits per heavy atom. The van der Waals surface area contributed by atoms with Crippen LogP contribution in [0.15, 0.2) is 17.8 Å². The van der Waals surface area contributed by atoms with Crippen LogP contribution >= 0.6 is 0 Å². The van der Waals surface area contributed by atoms with Crippen LogP contribution < -0.4 is 11.1 Å². The molecule has 0 unspecified atom stereocenters. The molecule has 0 bridgehead atoms. The fourth-order valence-corrected chi connectivity index (χ4v) is 1.70. The van der Waals surface area contributed by atoms with Gasteiger partial charge in [-0.3, -0.25) is 4.79 Å². The monoisotopic (exact) mass is 316 g/mol. The van der Waals surface area contributed by atoms with Crippen molar-refractivity contribution in [1.82, 2.24) is 5.32 Å². The number of nitrogens with two attached hydrogens (primary N) is 1. The van der Waals surface area contributed by atoms with E-state index in [2.05, 4.69) is 5.32 Å². The van der Waals surface area contributed by atoms with E-state index in [0.29, 0.717) is 0 Å². The number of aliphatic carboxylic acids is 1. The Labute approximate surface area is 124 Å². The summed E-state index contributed by atoms with van der Waals surface area (Å²) in [5.41, 5.74) is 3.56. The van der Waals surface area contributed by atoms with Gasteiger partial charge in [0.2, 0.25) is 5.91 Å². The second-order valence-corrected chi connectivity index (χ2v) is 4.56. The minimum absolute atomic E-state index is 0.0205. The quantitative estimate of drug-likeness (QED) is 0.588. The molecule has 0 atom stereocenters. The Bertz CT molecular complexity index is 637. The van der Waals surface area contributed by atoms with E-state index in [1.165, 1.54) is 19.9 Å². The topological polar surface area (TPSA) is 92.4 Å². The van der Waals surface area contributed by atoms with Crippen molar-refractivity contribution in [2.45, 2.75) is 26.4 Å². The molecule has 0 aliphatic rings. The molecule has 4 N–H and O–H groups in total. The molecule has 0 heterocycles. The largest absolute Gasteiger partial charge is 0.477 e. The van der Waals surface area contributed by atoms with Crippen LogP contribution in [0.4, 0.5) is 18.9 Å². The van der Waals surface area contributed by atoms with Gasteiger partial charge in [0.05, 0.1) is 5.56 Å². The Hall–Kier alpha value is -2.51. The van der Waals surface area contributed by atoms with E-state index in [9.17, 15) is 22.8 Å². The van der Waals surface area contributed by atoms with Crippen molar-refractivity contribution >= 4 is 23.6 Å². The van der Waals surface area contributed by atoms with Crippen LogP contribution in [-0.2, 0) is 15.8 Å². The number of halogens is 3. The van der Waals surface area contributed by atoms with Crippen molar-refractivity contribution < 1.29 is 27.9 Å². The predicted molar refractivity (Wildman–Crippen MR) is 74.6 cm³/mol. The molecule has 22 heavy (non-hydrogen) atoms. The zero-order valence-corrected chi connectivity index (χ0v) is 11.9. The molecule has 1 aromatic rings. The Morgan fingerprint density at radius 1 is 1.36 bits per heavy atom. The highest BCUT2D eigenvalue weighted by molar-refractivity contribution is 5.96. The number of alkyl halides is 3. The summed E-state index contributed by atoms with van der Waals surface area (Å²) >= 11 is 0. The van der Waals surface area contributed by atoms with E-state index >= 15 is 0 Å². The molecular weight excluding hydrogens is 301 g/mol. The standard InChI is InChI=1S/C14H15F3N2O3/c1-3-11(20)19-10(13(21)22)6-8-4-7(2)12(18)9(5-8)14(15,16)17/h4-6H,3,18H2,1-2H3,(H,19,20)(H,21,22). The highest BCUT2D eigenvalue weighted by Crippen LogP contribution is 2.36. The van der Waals surface area contributed by atoms with Crippen LogP contribution in [0.5, 0.6) is 0 Å². The lowest BCUT2D eigenvalue weighted by atomic mass is 10.0. The first-order chi connectivity index (χ1) is 10.1. The van der Waals surface area contributed by atoms with Crippen LogP contribution in [0, 0.1) is 6.92 Å². The number of hydrogen-bond acceptors (Lipinski definition) is 3. The molecule has 0 spiro atoms. The molecule has 0 fully saturated rings. The van der Waals surface area contributed by atoms with E-state index in [4.69, 9.17) is 10.8 Å². The number of nitrogens with one attached hydrogen (secondary N) is 1. The Kier molecular flexibility index (Phi) is 5.19. The number of carbonyl (C=O) groups excluding carboxylic acids is 1. The van der Waals surface area contributed by atoms with Gasteiger partial charge >= 0.3 is 12.1 Å². The first-order valence-electron chi connectivity index (χ1n) is 6.28. The Balaban J connectivity index is 3.36. The van der Waals surface area contributed by atoms with Crippen molar-refractivity contribution in [3.05, 3.63) is 34.5 Å². The van der Waals surface area contributed by atoms with Crippen LogP contribution in [0.1, 0.15) is 30.0 Å². The number of nitrogen functional groups attached to an aromatic ring is 1. The van der Waals surface area contributed by atoms with E-state index in [1.54, 1.807) is 0 Å². The molecule has 0 saturated heterocycles. The number of carboxylic acid groups (broad SMARTS) is 1. The molecule has 1 rings (SSSR count). The fraction of sp³-hybridized carbons (Fsp3) is 0.286. The summed E-state index contributed by atoms with van der Waals surface area (Å²) in [6.45, 7) is 2.90. The van der Waals surface area contributed by atoms with Gasteiger partial charge in [-0.25, -0.2) is 4.79 Å². The summed E-state index contributed by atoms with van der Waals surface area (Å²) in [4.78, 5) is 22.3. The van der Waals surface area contributed by atoms with E-state index in [-0.39, 0.29) is 17.5 Å². The van der Waals surface area contributed by atoms with Gasteiger partial charge in [0.15, 0.2) is 0 Å². The lowest BCUT2D eigenvalue weighted by Gasteiger charge is -2.13. The molecule has 0 aliphatic heterocycles. The van der Waals surface area contributed by atoms with Crippen LogP contribution in [0.3, 0.4) is 0 Å². The smallest absolute Gasteiger partial charge is 0.418 e. The molecule has 8 heteroatoms. The van der Waals surface area contributed by atoms with Gasteiger partial charge in [0, 0.05) is 12.1 Å². The van der Waals surface area contributed by atoms with Gasteiger partial charge in [-0.2, -0.15) is 13.2 Å². The molecule has 0 aromatic heterocycles. The maximum Gasteiger partial charge on any atom is 0.418 e. The second kappa shape index (κ2) is 6.50. The second-order valence-electron chi connectivity index (χ2n) is 4.56. The van der Waals surface area contributed by atoms with Crippen molar-refractivity contribution in [3.63, 3.8) is 0 Å². The number of rotatable bonds is 4. The molecule has 5 nitrogen and oxygen atoms in total. The van der Waals surface area contributed by atoms with Crippen molar-refractivity contribution in [2.75, 3.05) is 5.73 Å². The molecule has 120 valence electrons. The van der Waals surface area contributed by atoms with Gasteiger partial charge in [-0.15, -0.1) is 0 Å². The third-order valence-electron chi connectivity index (χ3n) is 2.85. The lowest BCUT2D eigenvalue weighted by molar-refractivity contribution is -0.137. The number of carboxylic acids is 1. The molecule has 0 aliphatic carbocycles. The molecular formula is C14H15F3N2O3. The highest BCUT2D eigenvalue weighted by Gasteiger charge is 2.33. The summed E-state index contributed by atoms with van der Waals surface area (Å²) < 4.78 is 38.6. The summed E-state index contributed by atoms with van der Waals surface area (Å²) in [5, 5.41) is 11.1. The SMILES string of the molecule is CCC(=O)NC(=Cc1cc(C)c(N)c(C(F)(F)F)c1)C(=O)O. The Morgan fingerprint density at radius 3 is 2.41 bits per heavy atom. The van der Waals surface area contributed by atoms with Crippen molar-refractivity contribution in [2.24, 2.45) is 0 Å². The van der Waals surface area contributed by atoms with Gasteiger partial charge in [-0.1, -0.05) is 6.92 Å². The molecule has 1 amide bonds. The van der Waals surface area contributed by atoms with Crippen LogP contribution in [0.25, 0.3) is 6.08 Å². The summed E-state index contributed by atoms with van der Waals surface area (Å²) in [7, 11) is 0. The van der Waals surface area contributed by atoms with Gasteiger partial charge in [-0.05, 0) is 36.3 Å². The predicted octanol–water partition coefficient (Wildman–Crippen LogP) is 2.55. The number of benzene rings is 1. The number of anilines is 1. The van der Waals surface area contributed by atoms with E-state index < -0.39 is 35.0 Å². The number of amides is 1. The zero-order valence-electron chi connectivity index (χ0n) is 11.9. The number of aryl methyl sites for hydroxylation is 1. The zero-order chi connectivity index (χ0) is 17.1. The summed E-state index contributed by atoms with van der Waals surface area (Å²) in [6, 6.07) is 2.05. The van der Waals surface area contributed by atoms with Gasteiger partial charge in [0.25, 0.3) is 0 Å². The maximum atomic E-state index is 12.9. The van der Waals surface area contributed by atoms with Gasteiger partial charge in [0.1, 0.15) is 5.70 Å². The number of hydrogen-bond donors (Lipinski definition) is 3. The maximum absolute atomic E-state index is 12.9. The first-order valence-corrected chi connectivity index (χ1v) is 6.28. The third-order valence-corrected chi connectivity index (χ3v) is 2.85. The van der Waals surface area contributed by atoms with E-state index in [0.717, 1.165) is 12.1 Å². The minimum Gasteiger partial charge on any atom is -0.477 e. The minimum atomic E-state index is -4.66. The summed E-state index contributed by atoms with van der Waals surface area (Å²) in [6.07, 6.45) is -3.66. The highest BCUT2D eigenvalue weighted by atomic mass is 19.4. The average molecular weight is 316 g/mol. The lowest BCUT2D eigenvalue weighted by Crippen LogP contribution is -2.26. The average Bonchev–Trinajstić information content (AvgIpc) is 2.40. The normalized spacial score (nSPS) is 12.1. The third kappa shape index (κ3) is 4.24. The van der Waals surface area contributed by atoms with Crippen LogP contribution in [0.2, 0.25) is 0 Å². The van der Waals surface area contributed by atoms with Crippen molar-refractivity contribution in [3.8, 4) is 0 Å². The summed E-state index contributed by atoms with van der Waals surface area (Å²) in [5.74, 6) is -2.01. The molecule has 1 aromatic carbocycles. The molecule has 0 radical (unpaired) electrons.